The highest BCUT2D eigenvalue weighted by Crippen LogP contribution is 2.55. The Hall–Kier alpha value is 0. The Morgan fingerprint density at radius 3 is 1.62 bits per heavy atom. The van der Waals surface area contributed by atoms with E-state index in [1.807, 2.05) is 0 Å². The molecule has 5 atom stereocenters. The molecule has 0 aromatic heterocycles. The molecule has 0 spiro atoms. The predicted molar refractivity (Wildman–Crippen MR) is 57.5 cm³/mol. The summed E-state index contributed by atoms with van der Waals surface area (Å²) >= 11 is 0. The second-order valence-corrected chi connectivity index (χ2v) is 5.55. The molecule has 0 bridgehead atoms. The lowest BCUT2D eigenvalue weighted by Crippen LogP contribution is -1.86. The SMILES string of the molecule is CCC1C(C)C1CCC1C(C)C1C. The molecule has 0 aliphatic heterocycles. The first kappa shape index (κ1) is 9.55. The first-order chi connectivity index (χ1) is 6.16. The smallest absolute Gasteiger partial charge is 0.0355 e. The van der Waals surface area contributed by atoms with Gasteiger partial charge in [-0.25, -0.2) is 0 Å². The van der Waals surface area contributed by atoms with Crippen LogP contribution in [0.3, 0.4) is 0 Å². The standard InChI is InChI=1S/C13H24/c1-5-11-10(4)13(11)7-6-12-8(2)9(12)3/h8-13H,5-7H2,1-4H3. The second-order valence-electron chi connectivity index (χ2n) is 5.55. The lowest BCUT2D eigenvalue weighted by molar-refractivity contribution is 0.538. The average Bonchev–Trinajstić information content (AvgIpc) is 2.91. The van der Waals surface area contributed by atoms with Crippen molar-refractivity contribution >= 4 is 0 Å². The molecular weight excluding hydrogens is 156 g/mol. The summed E-state index contributed by atoms with van der Waals surface area (Å²) < 4.78 is 0. The molecule has 0 aromatic rings. The van der Waals surface area contributed by atoms with Gasteiger partial charge in [-0.3, -0.25) is 0 Å². The summed E-state index contributed by atoms with van der Waals surface area (Å²) in [6.45, 7) is 9.63. The first-order valence-corrected chi connectivity index (χ1v) is 6.16. The molecular formula is C13H24. The summed E-state index contributed by atoms with van der Waals surface area (Å²) in [6.07, 6.45) is 4.47. The van der Waals surface area contributed by atoms with Gasteiger partial charge < -0.3 is 0 Å². The molecule has 13 heavy (non-hydrogen) atoms. The van der Waals surface area contributed by atoms with E-state index in [-0.39, 0.29) is 0 Å². The molecule has 0 aromatic carbocycles. The van der Waals surface area contributed by atoms with E-state index in [9.17, 15) is 0 Å². The Balaban J connectivity index is 1.65. The van der Waals surface area contributed by atoms with Gasteiger partial charge in [0.15, 0.2) is 0 Å². The van der Waals surface area contributed by atoms with Crippen LogP contribution in [0.4, 0.5) is 0 Å². The van der Waals surface area contributed by atoms with Crippen molar-refractivity contribution in [1.29, 1.82) is 0 Å². The summed E-state index contributed by atoms with van der Waals surface area (Å²) in [5.41, 5.74) is 0. The third-order valence-corrected chi connectivity index (χ3v) is 5.10. The predicted octanol–water partition coefficient (Wildman–Crippen LogP) is 3.96. The van der Waals surface area contributed by atoms with Gasteiger partial charge in [0, 0.05) is 0 Å². The first-order valence-electron chi connectivity index (χ1n) is 6.16. The fraction of sp³-hybridized carbons (Fsp3) is 1.00. The van der Waals surface area contributed by atoms with Crippen molar-refractivity contribution in [1.82, 2.24) is 0 Å². The summed E-state index contributed by atoms with van der Waals surface area (Å²) in [4.78, 5) is 0. The van der Waals surface area contributed by atoms with Gasteiger partial charge >= 0.3 is 0 Å². The van der Waals surface area contributed by atoms with Crippen molar-refractivity contribution < 1.29 is 0 Å². The van der Waals surface area contributed by atoms with E-state index >= 15 is 0 Å². The van der Waals surface area contributed by atoms with Gasteiger partial charge in [-0.1, -0.05) is 34.1 Å². The van der Waals surface area contributed by atoms with Crippen LogP contribution < -0.4 is 0 Å². The quantitative estimate of drug-likeness (QED) is 0.614. The van der Waals surface area contributed by atoms with Crippen LogP contribution in [0.5, 0.6) is 0 Å². The van der Waals surface area contributed by atoms with E-state index in [1.54, 1.807) is 0 Å². The molecule has 2 aliphatic carbocycles. The molecule has 2 rings (SSSR count). The Bertz CT molecular complexity index is 176. The molecule has 0 N–H and O–H groups in total. The van der Waals surface area contributed by atoms with Crippen molar-refractivity contribution in [3.63, 3.8) is 0 Å². The van der Waals surface area contributed by atoms with E-state index in [1.165, 1.54) is 19.3 Å². The highest BCUT2D eigenvalue weighted by Gasteiger charge is 2.47. The molecule has 76 valence electrons. The fourth-order valence-corrected chi connectivity index (χ4v) is 3.46. The Morgan fingerprint density at radius 1 is 0.692 bits per heavy atom. The monoisotopic (exact) mass is 180 g/mol. The maximum absolute atomic E-state index is 2.44. The highest BCUT2D eigenvalue weighted by atomic mass is 14.5. The molecule has 2 fully saturated rings. The van der Waals surface area contributed by atoms with Crippen LogP contribution in [0.25, 0.3) is 0 Å². The summed E-state index contributed by atoms with van der Waals surface area (Å²) in [5.74, 6) is 6.40. The van der Waals surface area contributed by atoms with Crippen molar-refractivity contribution in [2.75, 3.05) is 0 Å². The van der Waals surface area contributed by atoms with E-state index in [0.29, 0.717) is 0 Å². The average molecular weight is 180 g/mol. The lowest BCUT2D eigenvalue weighted by atomic mass is 10.1. The van der Waals surface area contributed by atoms with Crippen LogP contribution in [0.15, 0.2) is 0 Å². The van der Waals surface area contributed by atoms with Crippen LogP contribution in [-0.4, -0.2) is 0 Å². The van der Waals surface area contributed by atoms with Gasteiger partial charge in [0.1, 0.15) is 0 Å². The molecule has 0 heteroatoms. The van der Waals surface area contributed by atoms with Crippen molar-refractivity contribution in [3.05, 3.63) is 0 Å². The van der Waals surface area contributed by atoms with Gasteiger partial charge in [-0.2, -0.15) is 0 Å². The molecule has 0 nitrogen and oxygen atoms in total. The maximum Gasteiger partial charge on any atom is -0.0355 e. The second kappa shape index (κ2) is 3.29. The van der Waals surface area contributed by atoms with E-state index in [4.69, 9.17) is 0 Å². The van der Waals surface area contributed by atoms with Crippen molar-refractivity contribution in [2.24, 2.45) is 35.5 Å². The topological polar surface area (TPSA) is 0 Å². The zero-order valence-electron chi connectivity index (χ0n) is 9.59. The third kappa shape index (κ3) is 1.65. The van der Waals surface area contributed by atoms with E-state index in [2.05, 4.69) is 27.7 Å². The number of rotatable bonds is 4. The van der Waals surface area contributed by atoms with Gasteiger partial charge in [0.05, 0.1) is 0 Å². The number of hydrogen-bond acceptors (Lipinski definition) is 0. The summed E-state index contributed by atoms with van der Waals surface area (Å²) in [7, 11) is 0. The fourth-order valence-electron chi connectivity index (χ4n) is 3.46. The van der Waals surface area contributed by atoms with Crippen LogP contribution in [-0.2, 0) is 0 Å². The molecule has 2 saturated carbocycles. The molecule has 0 radical (unpaired) electrons. The zero-order valence-corrected chi connectivity index (χ0v) is 9.59. The zero-order chi connectivity index (χ0) is 9.59. The van der Waals surface area contributed by atoms with Crippen LogP contribution in [0, 0.1) is 35.5 Å². The van der Waals surface area contributed by atoms with Crippen molar-refractivity contribution in [2.45, 2.75) is 47.0 Å². The maximum atomic E-state index is 2.44. The number of hydrogen-bond donors (Lipinski definition) is 0. The van der Waals surface area contributed by atoms with E-state index in [0.717, 1.165) is 35.5 Å². The minimum atomic E-state index is 1.04. The summed E-state index contributed by atoms with van der Waals surface area (Å²) in [5, 5.41) is 0. The van der Waals surface area contributed by atoms with Crippen LogP contribution in [0.1, 0.15) is 47.0 Å². The van der Waals surface area contributed by atoms with Gasteiger partial charge in [0.2, 0.25) is 0 Å². The minimum absolute atomic E-state index is 1.04. The van der Waals surface area contributed by atoms with Gasteiger partial charge in [0.25, 0.3) is 0 Å². The third-order valence-electron chi connectivity index (χ3n) is 5.10. The molecule has 5 unspecified atom stereocenters. The van der Waals surface area contributed by atoms with Gasteiger partial charge in [-0.15, -0.1) is 0 Å². The highest BCUT2D eigenvalue weighted by molar-refractivity contribution is 4.96. The van der Waals surface area contributed by atoms with E-state index < -0.39 is 0 Å². The largest absolute Gasteiger partial charge is 0.0651 e. The van der Waals surface area contributed by atoms with Crippen molar-refractivity contribution in [3.8, 4) is 0 Å². The molecule has 2 aliphatic rings. The van der Waals surface area contributed by atoms with Gasteiger partial charge in [-0.05, 0) is 48.3 Å². The molecule has 0 amide bonds. The van der Waals surface area contributed by atoms with Crippen LogP contribution in [0.2, 0.25) is 0 Å². The Morgan fingerprint density at radius 2 is 1.23 bits per heavy atom. The Kier molecular flexibility index (Phi) is 2.42. The molecule has 0 heterocycles. The Labute approximate surface area is 83.1 Å². The minimum Gasteiger partial charge on any atom is -0.0651 e. The normalized spacial score (nSPS) is 53.5. The lowest BCUT2D eigenvalue weighted by Gasteiger charge is -1.97. The molecule has 0 saturated heterocycles. The van der Waals surface area contributed by atoms with Crippen LogP contribution >= 0.6 is 0 Å². The summed E-state index contributed by atoms with van der Waals surface area (Å²) in [6, 6.07) is 0.